The first-order chi connectivity index (χ1) is 7.04. The molecule has 0 aliphatic carbocycles. The Morgan fingerprint density at radius 1 is 1.25 bits per heavy atom. The SMILES string of the molecule is C=C(C/C=C/C(C)(O)C(C)C)CC(C)(C)C. The molecular weight excluding hydrogens is 196 g/mol. The molecule has 16 heavy (non-hydrogen) atoms. The summed E-state index contributed by atoms with van der Waals surface area (Å²) in [7, 11) is 0. The number of rotatable bonds is 5. The molecule has 0 spiro atoms. The van der Waals surface area contributed by atoms with Crippen LogP contribution in [0, 0.1) is 11.3 Å². The first-order valence-electron chi connectivity index (χ1n) is 6.11. The molecular formula is C15H28O. The lowest BCUT2D eigenvalue weighted by molar-refractivity contribution is 0.0624. The minimum absolute atomic E-state index is 0.236. The summed E-state index contributed by atoms with van der Waals surface area (Å²) in [4.78, 5) is 0. The van der Waals surface area contributed by atoms with Crippen molar-refractivity contribution in [3.8, 4) is 0 Å². The molecule has 0 aromatic heterocycles. The fourth-order valence-electron chi connectivity index (χ4n) is 1.48. The quantitative estimate of drug-likeness (QED) is 0.689. The number of aliphatic hydroxyl groups is 1. The van der Waals surface area contributed by atoms with Crippen molar-refractivity contribution in [2.75, 3.05) is 0 Å². The molecule has 1 nitrogen and oxygen atoms in total. The molecule has 1 N–H and O–H groups in total. The van der Waals surface area contributed by atoms with Crippen LogP contribution in [0.5, 0.6) is 0 Å². The zero-order valence-corrected chi connectivity index (χ0v) is 11.8. The maximum Gasteiger partial charge on any atom is 0.0822 e. The van der Waals surface area contributed by atoms with Gasteiger partial charge in [0.2, 0.25) is 0 Å². The van der Waals surface area contributed by atoms with Crippen molar-refractivity contribution in [2.45, 2.75) is 60.0 Å². The fraction of sp³-hybridized carbons (Fsp3) is 0.733. The molecule has 1 unspecified atom stereocenters. The van der Waals surface area contributed by atoms with E-state index in [1.54, 1.807) is 0 Å². The Hall–Kier alpha value is -0.560. The molecule has 0 bridgehead atoms. The van der Waals surface area contributed by atoms with Crippen molar-refractivity contribution in [1.82, 2.24) is 0 Å². The number of allylic oxidation sites excluding steroid dienone is 2. The summed E-state index contributed by atoms with van der Waals surface area (Å²) < 4.78 is 0. The summed E-state index contributed by atoms with van der Waals surface area (Å²) in [6.45, 7) is 16.6. The van der Waals surface area contributed by atoms with Crippen LogP contribution in [0.15, 0.2) is 24.3 Å². The van der Waals surface area contributed by atoms with Crippen LogP contribution < -0.4 is 0 Å². The summed E-state index contributed by atoms with van der Waals surface area (Å²) in [5, 5.41) is 10.0. The highest BCUT2D eigenvalue weighted by molar-refractivity contribution is 5.08. The predicted molar refractivity (Wildman–Crippen MR) is 72.4 cm³/mol. The molecule has 0 radical (unpaired) electrons. The van der Waals surface area contributed by atoms with Crippen LogP contribution in [0.4, 0.5) is 0 Å². The van der Waals surface area contributed by atoms with Gasteiger partial charge in [-0.2, -0.15) is 0 Å². The van der Waals surface area contributed by atoms with Crippen LogP contribution in [0.2, 0.25) is 0 Å². The van der Waals surface area contributed by atoms with Gasteiger partial charge in [0.05, 0.1) is 5.60 Å². The molecule has 0 rings (SSSR count). The minimum Gasteiger partial charge on any atom is -0.386 e. The zero-order valence-electron chi connectivity index (χ0n) is 11.8. The average Bonchev–Trinajstić information content (AvgIpc) is 1.99. The highest BCUT2D eigenvalue weighted by Crippen LogP contribution is 2.25. The van der Waals surface area contributed by atoms with E-state index in [-0.39, 0.29) is 5.92 Å². The second kappa shape index (κ2) is 5.67. The Morgan fingerprint density at radius 2 is 1.75 bits per heavy atom. The second-order valence-corrected chi connectivity index (χ2v) is 6.47. The van der Waals surface area contributed by atoms with Gasteiger partial charge in [-0.3, -0.25) is 0 Å². The maximum atomic E-state index is 10.0. The van der Waals surface area contributed by atoms with Gasteiger partial charge < -0.3 is 5.11 Å². The minimum atomic E-state index is -0.706. The van der Waals surface area contributed by atoms with Crippen molar-refractivity contribution in [3.63, 3.8) is 0 Å². The van der Waals surface area contributed by atoms with E-state index >= 15 is 0 Å². The molecule has 1 atom stereocenters. The Labute approximate surface area is 101 Å². The van der Waals surface area contributed by atoms with Gasteiger partial charge in [0.15, 0.2) is 0 Å². The third-order valence-corrected chi connectivity index (χ3v) is 2.81. The van der Waals surface area contributed by atoms with Gasteiger partial charge in [-0.15, -0.1) is 0 Å². The van der Waals surface area contributed by atoms with Gasteiger partial charge in [-0.05, 0) is 31.1 Å². The molecule has 94 valence electrons. The van der Waals surface area contributed by atoms with Gasteiger partial charge in [0, 0.05) is 0 Å². The first-order valence-corrected chi connectivity index (χ1v) is 6.11. The van der Waals surface area contributed by atoms with Crippen molar-refractivity contribution >= 4 is 0 Å². The molecule has 0 aliphatic rings. The van der Waals surface area contributed by atoms with Gasteiger partial charge in [-0.1, -0.05) is 58.9 Å². The lowest BCUT2D eigenvalue weighted by Gasteiger charge is -2.24. The maximum absolute atomic E-state index is 10.0. The monoisotopic (exact) mass is 224 g/mol. The van der Waals surface area contributed by atoms with Crippen molar-refractivity contribution in [2.24, 2.45) is 11.3 Å². The molecule has 0 saturated carbocycles. The van der Waals surface area contributed by atoms with E-state index in [2.05, 4.69) is 27.4 Å². The first kappa shape index (κ1) is 15.4. The van der Waals surface area contributed by atoms with Crippen LogP contribution in [-0.2, 0) is 0 Å². The number of hydrogen-bond donors (Lipinski definition) is 1. The molecule has 1 heteroatoms. The van der Waals surface area contributed by atoms with Gasteiger partial charge in [0.1, 0.15) is 0 Å². The van der Waals surface area contributed by atoms with Gasteiger partial charge >= 0.3 is 0 Å². The largest absolute Gasteiger partial charge is 0.386 e. The van der Waals surface area contributed by atoms with Crippen molar-refractivity contribution in [3.05, 3.63) is 24.3 Å². The fourth-order valence-corrected chi connectivity index (χ4v) is 1.48. The van der Waals surface area contributed by atoms with Crippen LogP contribution in [0.25, 0.3) is 0 Å². The Kier molecular flexibility index (Phi) is 5.48. The second-order valence-electron chi connectivity index (χ2n) is 6.47. The Balaban J connectivity index is 4.16. The summed E-state index contributed by atoms with van der Waals surface area (Å²) >= 11 is 0. The highest BCUT2D eigenvalue weighted by Gasteiger charge is 2.20. The van der Waals surface area contributed by atoms with E-state index in [4.69, 9.17) is 0 Å². The molecule has 0 aromatic carbocycles. The highest BCUT2D eigenvalue weighted by atomic mass is 16.3. The lowest BCUT2D eigenvalue weighted by Crippen LogP contribution is -2.27. The van der Waals surface area contributed by atoms with Gasteiger partial charge in [-0.25, -0.2) is 0 Å². The third kappa shape index (κ3) is 6.84. The normalized spacial score (nSPS) is 16.8. The summed E-state index contributed by atoms with van der Waals surface area (Å²) in [6.07, 6.45) is 5.82. The molecule has 0 amide bonds. The average molecular weight is 224 g/mol. The summed E-state index contributed by atoms with van der Waals surface area (Å²) in [5.41, 5.74) is 0.816. The van der Waals surface area contributed by atoms with Crippen LogP contribution in [-0.4, -0.2) is 10.7 Å². The Bertz CT molecular complexity index is 251. The lowest BCUT2D eigenvalue weighted by atomic mass is 9.87. The smallest absolute Gasteiger partial charge is 0.0822 e. The molecule has 0 aliphatic heterocycles. The molecule has 0 heterocycles. The van der Waals surface area contributed by atoms with Crippen LogP contribution in [0.1, 0.15) is 54.4 Å². The molecule has 0 aromatic rings. The van der Waals surface area contributed by atoms with Crippen LogP contribution in [0.3, 0.4) is 0 Å². The van der Waals surface area contributed by atoms with Crippen molar-refractivity contribution < 1.29 is 5.11 Å². The molecule has 0 fully saturated rings. The predicted octanol–water partition coefficient (Wildman–Crippen LogP) is 4.33. The topological polar surface area (TPSA) is 20.2 Å². The van der Waals surface area contributed by atoms with Crippen LogP contribution >= 0.6 is 0 Å². The van der Waals surface area contributed by atoms with E-state index in [0.29, 0.717) is 5.41 Å². The van der Waals surface area contributed by atoms with E-state index < -0.39 is 5.60 Å². The summed E-state index contributed by atoms with van der Waals surface area (Å²) in [6, 6.07) is 0. The van der Waals surface area contributed by atoms with Gasteiger partial charge in [0.25, 0.3) is 0 Å². The van der Waals surface area contributed by atoms with Crippen molar-refractivity contribution in [1.29, 1.82) is 0 Å². The standard InChI is InChI=1S/C15H28O/c1-12(2)15(7,16)10-8-9-13(3)11-14(4,5)6/h8,10,12,16H,3,9,11H2,1-2,4-7H3/b10-8+. The zero-order chi connectivity index (χ0) is 13.0. The molecule has 0 saturated heterocycles. The van der Waals surface area contributed by atoms with E-state index in [9.17, 15) is 5.11 Å². The van der Waals surface area contributed by atoms with E-state index in [0.717, 1.165) is 12.8 Å². The summed E-state index contributed by atoms with van der Waals surface area (Å²) in [5.74, 6) is 0.236. The number of hydrogen-bond acceptors (Lipinski definition) is 1. The third-order valence-electron chi connectivity index (χ3n) is 2.81. The van der Waals surface area contributed by atoms with E-state index in [1.165, 1.54) is 5.57 Å². The van der Waals surface area contributed by atoms with E-state index in [1.807, 2.05) is 32.9 Å². The Morgan fingerprint density at radius 3 is 2.12 bits per heavy atom.